The molecule has 0 unspecified atom stereocenters. The van der Waals surface area contributed by atoms with Crippen molar-refractivity contribution in [3.05, 3.63) is 72.4 Å². The van der Waals surface area contributed by atoms with Gasteiger partial charge in [0.2, 0.25) is 5.91 Å². The molecule has 1 aromatic rings. The van der Waals surface area contributed by atoms with E-state index in [0.29, 0.717) is 18.4 Å². The second-order valence-electron chi connectivity index (χ2n) is 11.0. The van der Waals surface area contributed by atoms with Gasteiger partial charge in [-0.15, -0.1) is 0 Å². The second kappa shape index (κ2) is 10.0. The van der Waals surface area contributed by atoms with E-state index in [1.807, 2.05) is 37.3 Å². The highest BCUT2D eigenvalue weighted by Gasteiger charge is 2.68. The molecule has 37 heavy (non-hydrogen) atoms. The molecule has 198 valence electrons. The largest absolute Gasteiger partial charge is 0.457 e. The number of amides is 1. The minimum Gasteiger partial charge on any atom is -0.457 e. The molecule has 9 atom stereocenters. The Kier molecular flexibility index (Phi) is 7.32. The van der Waals surface area contributed by atoms with Gasteiger partial charge in [-0.3, -0.25) is 14.4 Å². The van der Waals surface area contributed by atoms with Crippen LogP contribution in [0.4, 0.5) is 0 Å². The Balaban J connectivity index is 1.94. The average molecular weight is 508 g/mol. The summed E-state index contributed by atoms with van der Waals surface area (Å²) in [5, 5.41) is 25.7. The van der Waals surface area contributed by atoms with Crippen molar-refractivity contribution in [2.75, 3.05) is 0 Å². The van der Waals surface area contributed by atoms with Gasteiger partial charge < -0.3 is 20.3 Å². The number of benzene rings is 1. The lowest BCUT2D eigenvalue weighted by atomic mass is 9.51. The van der Waals surface area contributed by atoms with Crippen LogP contribution in [-0.2, 0) is 25.5 Å². The fraction of sp³-hybridized carbons (Fsp3) is 0.500. The Morgan fingerprint density at radius 2 is 1.86 bits per heavy atom. The van der Waals surface area contributed by atoms with Crippen molar-refractivity contribution in [2.24, 2.45) is 29.1 Å². The smallest absolute Gasteiger partial charge is 0.303 e. The van der Waals surface area contributed by atoms with Crippen LogP contribution in [0.15, 0.2) is 66.8 Å². The molecular weight excluding hydrogens is 470 g/mol. The molecule has 3 N–H and O–H groups in total. The summed E-state index contributed by atoms with van der Waals surface area (Å²) >= 11 is 0. The molecule has 0 aromatic heterocycles. The summed E-state index contributed by atoms with van der Waals surface area (Å²) < 4.78 is 5.81. The summed E-state index contributed by atoms with van der Waals surface area (Å²) in [5.41, 5.74) is -1.55. The van der Waals surface area contributed by atoms with Crippen LogP contribution >= 0.6 is 0 Å². The molecule has 1 saturated carbocycles. The van der Waals surface area contributed by atoms with Crippen LogP contribution in [0.5, 0.6) is 0 Å². The lowest BCUT2D eigenvalue weighted by Gasteiger charge is -2.52. The zero-order valence-electron chi connectivity index (χ0n) is 21.9. The van der Waals surface area contributed by atoms with Crippen LogP contribution < -0.4 is 5.32 Å². The van der Waals surface area contributed by atoms with Crippen molar-refractivity contribution in [2.45, 2.75) is 64.4 Å². The Morgan fingerprint density at radius 3 is 2.51 bits per heavy atom. The van der Waals surface area contributed by atoms with Crippen molar-refractivity contribution in [1.82, 2.24) is 5.32 Å². The van der Waals surface area contributed by atoms with E-state index in [4.69, 9.17) is 4.74 Å². The summed E-state index contributed by atoms with van der Waals surface area (Å²) in [6, 6.07) is 9.49. The molecule has 1 amide bonds. The maximum Gasteiger partial charge on any atom is 0.303 e. The van der Waals surface area contributed by atoms with Gasteiger partial charge in [0.1, 0.15) is 17.1 Å². The normalized spacial score (nSPS) is 41.6. The number of ether oxygens (including phenoxy) is 1. The van der Waals surface area contributed by atoms with Crippen molar-refractivity contribution in [3.63, 3.8) is 0 Å². The molecule has 1 aliphatic heterocycles. The Hall–Kier alpha value is -3.03. The molecule has 7 nitrogen and oxygen atoms in total. The number of nitrogens with one attached hydrogen (secondary N) is 1. The minimum atomic E-state index is -1.82. The van der Waals surface area contributed by atoms with E-state index >= 15 is 0 Å². The number of hydrogen-bond acceptors (Lipinski definition) is 6. The van der Waals surface area contributed by atoms with E-state index in [2.05, 4.69) is 11.9 Å². The highest BCUT2D eigenvalue weighted by molar-refractivity contribution is 5.91. The number of ketones is 1. The van der Waals surface area contributed by atoms with Crippen LogP contribution in [0.2, 0.25) is 0 Å². The number of aliphatic hydroxyl groups is 2. The van der Waals surface area contributed by atoms with Crippen molar-refractivity contribution in [1.29, 1.82) is 0 Å². The first-order valence-electron chi connectivity index (χ1n) is 12.9. The van der Waals surface area contributed by atoms with E-state index in [-0.39, 0.29) is 23.7 Å². The van der Waals surface area contributed by atoms with Gasteiger partial charge in [0, 0.05) is 30.7 Å². The van der Waals surface area contributed by atoms with Crippen LogP contribution in [0.1, 0.15) is 39.7 Å². The first kappa shape index (κ1) is 27.0. The SMILES string of the molecule is C=C1[C@@H](C)[C@H]2[C@@H](Cc3ccccc3)NC(=O)[C@]23[C@H](OC(C)=O)/C=C/[C@@](C)(O)C(=O)[C@@H](C)C/C=C/[C@H]3[C@@H]1O. The second-order valence-corrected chi connectivity index (χ2v) is 11.0. The first-order valence-corrected chi connectivity index (χ1v) is 12.9. The molecule has 1 aromatic carbocycles. The third-order valence-electron chi connectivity index (χ3n) is 8.53. The fourth-order valence-electron chi connectivity index (χ4n) is 6.68. The molecular formula is C30H37NO6. The predicted molar refractivity (Wildman–Crippen MR) is 139 cm³/mol. The van der Waals surface area contributed by atoms with E-state index in [1.165, 1.54) is 26.0 Å². The third kappa shape index (κ3) is 4.59. The Labute approximate surface area is 218 Å². The average Bonchev–Trinajstić information content (AvgIpc) is 3.13. The molecule has 3 aliphatic rings. The van der Waals surface area contributed by atoms with E-state index in [1.54, 1.807) is 19.1 Å². The number of carbonyl (C=O) groups excluding carboxylic acids is 3. The van der Waals surface area contributed by atoms with Gasteiger partial charge in [-0.2, -0.15) is 0 Å². The number of allylic oxidation sites excluding steroid dienone is 1. The number of rotatable bonds is 3. The number of aliphatic hydroxyl groups excluding tert-OH is 1. The quantitative estimate of drug-likeness (QED) is 0.428. The van der Waals surface area contributed by atoms with Crippen LogP contribution in [0.3, 0.4) is 0 Å². The predicted octanol–water partition coefficient (Wildman–Crippen LogP) is 2.92. The van der Waals surface area contributed by atoms with Crippen LogP contribution in [0, 0.1) is 29.1 Å². The van der Waals surface area contributed by atoms with Crippen LogP contribution in [0.25, 0.3) is 0 Å². The van der Waals surface area contributed by atoms with Crippen LogP contribution in [-0.4, -0.2) is 51.7 Å². The molecule has 4 rings (SSSR count). The highest BCUT2D eigenvalue weighted by Crippen LogP contribution is 2.58. The lowest BCUT2D eigenvalue weighted by Crippen LogP contribution is -2.60. The van der Waals surface area contributed by atoms with Crippen molar-refractivity contribution < 1.29 is 29.3 Å². The summed E-state index contributed by atoms with van der Waals surface area (Å²) in [6.45, 7) is 10.5. The number of esters is 1. The zero-order valence-corrected chi connectivity index (χ0v) is 21.9. The number of Topliss-reactive ketones (excluding diaryl/α,β-unsaturated/α-hetero) is 1. The van der Waals surface area contributed by atoms with Gasteiger partial charge >= 0.3 is 5.97 Å². The lowest BCUT2D eigenvalue weighted by molar-refractivity contribution is -0.166. The highest BCUT2D eigenvalue weighted by atomic mass is 16.5. The molecule has 7 heteroatoms. The minimum absolute atomic E-state index is 0.287. The number of hydrogen-bond donors (Lipinski definition) is 3. The maximum absolute atomic E-state index is 14.2. The molecule has 2 fully saturated rings. The summed E-state index contributed by atoms with van der Waals surface area (Å²) in [5.74, 6) is -3.26. The summed E-state index contributed by atoms with van der Waals surface area (Å²) in [7, 11) is 0. The third-order valence-corrected chi connectivity index (χ3v) is 8.53. The fourth-order valence-corrected chi connectivity index (χ4v) is 6.68. The van der Waals surface area contributed by atoms with Gasteiger partial charge in [0.15, 0.2) is 5.78 Å². The van der Waals surface area contributed by atoms with Gasteiger partial charge in [-0.1, -0.05) is 62.9 Å². The molecule has 1 spiro atoms. The summed E-state index contributed by atoms with van der Waals surface area (Å²) in [4.78, 5) is 39.5. The first-order chi connectivity index (χ1) is 17.4. The Morgan fingerprint density at radius 1 is 1.19 bits per heavy atom. The van der Waals surface area contributed by atoms with E-state index in [0.717, 1.165) is 5.56 Å². The van der Waals surface area contributed by atoms with Gasteiger partial charge in [-0.05, 0) is 49.0 Å². The van der Waals surface area contributed by atoms with E-state index in [9.17, 15) is 24.6 Å². The molecule has 1 saturated heterocycles. The number of carbonyl (C=O) groups is 3. The zero-order chi connectivity index (χ0) is 27.1. The van der Waals surface area contributed by atoms with E-state index < -0.39 is 46.9 Å². The molecule has 0 radical (unpaired) electrons. The monoisotopic (exact) mass is 507 g/mol. The topological polar surface area (TPSA) is 113 Å². The molecule has 1 heterocycles. The maximum atomic E-state index is 14.2. The van der Waals surface area contributed by atoms with Crippen molar-refractivity contribution >= 4 is 17.7 Å². The molecule has 0 bridgehead atoms. The Bertz CT molecular complexity index is 1140. The standard InChI is InChI=1S/C30H37NO6/c1-17-10-9-13-22-26(33)19(3)18(2)25-23(16-21-11-7-6-8-12-21)31-28(35)30(22,25)24(37-20(4)32)14-15-29(5,36)27(17)34/h6-9,11-15,17-18,22-26,33,36H,3,10,16H2,1-2,4-5H3,(H,31,35)/b13-9+,15-14+/t17-,18+,22-,23+,24+,25-,26+,29+,30+/m0/s1. The van der Waals surface area contributed by atoms with Gasteiger partial charge in [0.05, 0.1) is 6.10 Å². The van der Waals surface area contributed by atoms with Gasteiger partial charge in [-0.25, -0.2) is 0 Å². The molecule has 2 aliphatic carbocycles. The summed E-state index contributed by atoms with van der Waals surface area (Å²) in [6.07, 6.45) is 5.01. The van der Waals surface area contributed by atoms with Gasteiger partial charge in [0.25, 0.3) is 0 Å². The van der Waals surface area contributed by atoms with Crippen molar-refractivity contribution in [3.8, 4) is 0 Å².